The van der Waals surface area contributed by atoms with Gasteiger partial charge in [-0.3, -0.25) is 9.59 Å². The molecule has 0 N–H and O–H groups in total. The van der Waals surface area contributed by atoms with Crippen LogP contribution in [0.5, 0.6) is 0 Å². The van der Waals surface area contributed by atoms with Gasteiger partial charge in [0.15, 0.2) is 5.92 Å². The second-order valence-corrected chi connectivity index (χ2v) is 7.59. The molecule has 0 bridgehead atoms. The van der Waals surface area contributed by atoms with E-state index >= 15 is 0 Å². The van der Waals surface area contributed by atoms with E-state index < -0.39 is 29.1 Å². The Balaban J connectivity index is 2.85. The predicted molar refractivity (Wildman–Crippen MR) is 77.1 cm³/mol. The maximum atomic E-state index is 12.4. The van der Waals surface area contributed by atoms with Gasteiger partial charge in [0.05, 0.1) is 0 Å². The molecule has 0 atom stereocenters. The normalized spacial score (nSPS) is 17.4. The molecule has 1 saturated carbocycles. The van der Waals surface area contributed by atoms with Crippen LogP contribution in [0.15, 0.2) is 0 Å². The molecule has 1 fully saturated rings. The first-order valence-electron chi connectivity index (χ1n) is 7.45. The number of carbonyl (C=O) groups is 2. The number of esters is 2. The summed E-state index contributed by atoms with van der Waals surface area (Å²) < 4.78 is 10.8. The minimum absolute atomic E-state index is 0.0553. The van der Waals surface area contributed by atoms with Crippen LogP contribution >= 0.6 is 0 Å². The lowest BCUT2D eigenvalue weighted by Gasteiger charge is -2.28. The molecule has 0 aromatic rings. The zero-order valence-electron chi connectivity index (χ0n) is 13.6. The van der Waals surface area contributed by atoms with Gasteiger partial charge in [0.2, 0.25) is 0 Å². The number of hydrogen-bond donors (Lipinski definition) is 0. The van der Waals surface area contributed by atoms with Gasteiger partial charge in [-0.25, -0.2) is 0 Å². The van der Waals surface area contributed by atoms with Gasteiger partial charge in [0, 0.05) is 0 Å². The first-order chi connectivity index (χ1) is 8.99. The summed E-state index contributed by atoms with van der Waals surface area (Å²) >= 11 is 0. The summed E-state index contributed by atoms with van der Waals surface area (Å²) in [6, 6.07) is 0. The van der Waals surface area contributed by atoms with Crippen molar-refractivity contribution >= 4 is 11.9 Å². The van der Waals surface area contributed by atoms with Crippen molar-refractivity contribution in [2.24, 2.45) is 11.8 Å². The van der Waals surface area contributed by atoms with Gasteiger partial charge in [-0.15, -0.1) is 0 Å². The minimum atomic E-state index is -0.782. The molecule has 4 nitrogen and oxygen atoms in total. The lowest BCUT2D eigenvalue weighted by atomic mass is 9.90. The standard InChI is InChI=1S/C16H28O4/c1-15(2,3)19-13(17)12(11-9-7-8-10-11)14(18)20-16(4,5)6/h11-12H,7-10H2,1-6H3. The van der Waals surface area contributed by atoms with E-state index in [2.05, 4.69) is 0 Å². The average molecular weight is 284 g/mol. The minimum Gasteiger partial charge on any atom is -0.459 e. The first-order valence-corrected chi connectivity index (χ1v) is 7.45. The largest absolute Gasteiger partial charge is 0.459 e. The fraction of sp³-hybridized carbons (Fsp3) is 0.875. The van der Waals surface area contributed by atoms with Crippen LogP contribution < -0.4 is 0 Å². The number of rotatable bonds is 3. The van der Waals surface area contributed by atoms with E-state index in [4.69, 9.17) is 9.47 Å². The first kappa shape index (κ1) is 17.0. The third-order valence-corrected chi connectivity index (χ3v) is 3.19. The lowest BCUT2D eigenvalue weighted by molar-refractivity contribution is -0.177. The zero-order chi connectivity index (χ0) is 15.6. The van der Waals surface area contributed by atoms with Gasteiger partial charge in [-0.05, 0) is 60.3 Å². The molecule has 20 heavy (non-hydrogen) atoms. The molecule has 0 aromatic heterocycles. The maximum absolute atomic E-state index is 12.4. The summed E-state index contributed by atoms with van der Waals surface area (Å²) in [6.07, 6.45) is 3.91. The third kappa shape index (κ3) is 5.51. The molecule has 0 heterocycles. The Kier molecular flexibility index (Phi) is 5.22. The Bertz CT molecular complexity index is 326. The monoisotopic (exact) mass is 284 g/mol. The highest BCUT2D eigenvalue weighted by molar-refractivity contribution is 5.95. The second kappa shape index (κ2) is 6.15. The average Bonchev–Trinajstić information content (AvgIpc) is 2.64. The Labute approximate surface area is 122 Å². The van der Waals surface area contributed by atoms with Gasteiger partial charge >= 0.3 is 11.9 Å². The van der Waals surface area contributed by atoms with Crippen molar-refractivity contribution < 1.29 is 19.1 Å². The van der Waals surface area contributed by atoms with Crippen LogP contribution in [0.3, 0.4) is 0 Å². The molecule has 0 saturated heterocycles. The van der Waals surface area contributed by atoms with Crippen LogP contribution in [-0.2, 0) is 19.1 Å². The van der Waals surface area contributed by atoms with Crippen molar-refractivity contribution in [3.05, 3.63) is 0 Å². The van der Waals surface area contributed by atoms with Crippen LogP contribution in [0.1, 0.15) is 67.2 Å². The Hall–Kier alpha value is -1.06. The molecule has 1 aliphatic rings. The van der Waals surface area contributed by atoms with E-state index in [0.29, 0.717) is 0 Å². The summed E-state index contributed by atoms with van der Waals surface area (Å²) in [5.74, 6) is -1.62. The van der Waals surface area contributed by atoms with Gasteiger partial charge in [-0.2, -0.15) is 0 Å². The molecular weight excluding hydrogens is 256 g/mol. The number of carbonyl (C=O) groups excluding carboxylic acids is 2. The Morgan fingerprint density at radius 1 is 0.850 bits per heavy atom. The van der Waals surface area contributed by atoms with E-state index in [9.17, 15) is 9.59 Å². The molecule has 4 heteroatoms. The fourth-order valence-electron chi connectivity index (χ4n) is 2.50. The molecule has 0 spiro atoms. The predicted octanol–water partition coefficient (Wildman–Crippen LogP) is 3.48. The van der Waals surface area contributed by atoms with E-state index in [-0.39, 0.29) is 5.92 Å². The van der Waals surface area contributed by atoms with Crippen LogP contribution in [-0.4, -0.2) is 23.1 Å². The Morgan fingerprint density at radius 2 is 1.20 bits per heavy atom. The molecule has 1 aliphatic carbocycles. The van der Waals surface area contributed by atoms with Crippen LogP contribution in [0.25, 0.3) is 0 Å². The molecular formula is C16H28O4. The summed E-state index contributed by atoms with van der Waals surface area (Å²) in [7, 11) is 0. The van der Waals surface area contributed by atoms with Crippen molar-refractivity contribution in [1.29, 1.82) is 0 Å². The molecule has 0 unspecified atom stereocenters. The third-order valence-electron chi connectivity index (χ3n) is 3.19. The van der Waals surface area contributed by atoms with Crippen LogP contribution in [0.4, 0.5) is 0 Å². The van der Waals surface area contributed by atoms with Crippen LogP contribution in [0.2, 0.25) is 0 Å². The van der Waals surface area contributed by atoms with Gasteiger partial charge in [-0.1, -0.05) is 12.8 Å². The smallest absolute Gasteiger partial charge is 0.321 e. The molecule has 0 radical (unpaired) electrons. The van der Waals surface area contributed by atoms with Crippen molar-refractivity contribution in [3.63, 3.8) is 0 Å². The molecule has 0 amide bonds. The molecule has 0 aliphatic heterocycles. The SMILES string of the molecule is CC(C)(C)OC(=O)C(C(=O)OC(C)(C)C)C1CCCC1. The van der Waals surface area contributed by atoms with E-state index in [1.54, 1.807) is 0 Å². The quantitative estimate of drug-likeness (QED) is 0.588. The number of hydrogen-bond acceptors (Lipinski definition) is 4. The van der Waals surface area contributed by atoms with Crippen LogP contribution in [0, 0.1) is 11.8 Å². The Morgan fingerprint density at radius 3 is 1.50 bits per heavy atom. The lowest BCUT2D eigenvalue weighted by Crippen LogP contribution is -2.40. The summed E-state index contributed by atoms with van der Waals surface area (Å²) in [6.45, 7) is 10.9. The molecule has 0 aromatic carbocycles. The van der Waals surface area contributed by atoms with Crippen molar-refractivity contribution in [2.45, 2.75) is 78.4 Å². The molecule has 116 valence electrons. The van der Waals surface area contributed by atoms with Gasteiger partial charge in [0.1, 0.15) is 11.2 Å². The highest BCUT2D eigenvalue weighted by atomic mass is 16.6. The van der Waals surface area contributed by atoms with Gasteiger partial charge < -0.3 is 9.47 Å². The molecule has 1 rings (SSSR count). The van der Waals surface area contributed by atoms with Gasteiger partial charge in [0.25, 0.3) is 0 Å². The summed E-state index contributed by atoms with van der Waals surface area (Å²) in [5.41, 5.74) is -1.17. The number of ether oxygens (including phenoxy) is 2. The van der Waals surface area contributed by atoms with E-state index in [0.717, 1.165) is 25.7 Å². The van der Waals surface area contributed by atoms with Crippen molar-refractivity contribution in [1.82, 2.24) is 0 Å². The van der Waals surface area contributed by atoms with E-state index in [1.807, 2.05) is 41.5 Å². The maximum Gasteiger partial charge on any atom is 0.321 e. The zero-order valence-corrected chi connectivity index (χ0v) is 13.6. The summed E-state index contributed by atoms with van der Waals surface area (Å²) in [5, 5.41) is 0. The van der Waals surface area contributed by atoms with Crippen molar-refractivity contribution in [2.75, 3.05) is 0 Å². The fourth-order valence-corrected chi connectivity index (χ4v) is 2.50. The highest BCUT2D eigenvalue weighted by Crippen LogP contribution is 2.34. The van der Waals surface area contributed by atoms with E-state index in [1.165, 1.54) is 0 Å². The second-order valence-electron chi connectivity index (χ2n) is 7.59. The summed E-state index contributed by atoms with van der Waals surface area (Å²) in [4.78, 5) is 24.7. The highest BCUT2D eigenvalue weighted by Gasteiger charge is 2.41. The van der Waals surface area contributed by atoms with Crippen molar-refractivity contribution in [3.8, 4) is 0 Å². The topological polar surface area (TPSA) is 52.6 Å².